The molecule has 0 aromatic heterocycles. The minimum absolute atomic E-state index is 0. The topological polar surface area (TPSA) is 19.9 Å². The zero-order valence-electron chi connectivity index (χ0n) is 6.14. The Labute approximate surface area is 93.0 Å². The fourth-order valence-corrected chi connectivity index (χ4v) is 0. The summed E-state index contributed by atoms with van der Waals surface area (Å²) >= 11 is 0. The molecule has 0 fully saturated rings. The van der Waals surface area contributed by atoms with Crippen molar-refractivity contribution in [1.29, 1.82) is 0 Å². The maximum atomic E-state index is 9.77. The van der Waals surface area contributed by atoms with Crippen LogP contribution < -0.4 is 0 Å². The molecule has 0 aliphatic rings. The molecule has 0 heterocycles. The van der Waals surface area contributed by atoms with Crippen molar-refractivity contribution < 1.29 is 59.2 Å². The molecule has 0 spiro atoms. The van der Waals surface area contributed by atoms with Crippen molar-refractivity contribution in [2.45, 2.75) is 0 Å². The van der Waals surface area contributed by atoms with E-state index in [1.165, 1.54) is 0 Å². The second-order valence-electron chi connectivity index (χ2n) is 0.643. The maximum Gasteiger partial charge on any atom is 0 e. The van der Waals surface area contributed by atoms with Gasteiger partial charge in [-0.2, -0.15) is 0 Å². The van der Waals surface area contributed by atoms with E-state index in [1.807, 2.05) is 0 Å². The zero-order valence-corrected chi connectivity index (χ0v) is 10.2. The van der Waals surface area contributed by atoms with Crippen LogP contribution in [0.2, 0.25) is 0 Å². The van der Waals surface area contributed by atoms with Crippen LogP contribution in [0.15, 0.2) is 0 Å². The normalized spacial score (nSPS) is 7.33. The molecule has 0 atom stereocenters. The van der Waals surface area contributed by atoms with E-state index in [0.29, 0.717) is 0 Å². The van der Waals surface area contributed by atoms with Crippen LogP contribution in [-0.2, 0) is 21.4 Å². The van der Waals surface area contributed by atoms with Gasteiger partial charge in [-0.05, 0) is 0 Å². The van der Waals surface area contributed by atoms with Crippen LogP contribution in [0.1, 0.15) is 0 Å². The van der Waals surface area contributed by atoms with Crippen LogP contribution in [0.3, 0.4) is 0 Å². The molecule has 0 aliphatic carbocycles. The van der Waals surface area contributed by atoms with Gasteiger partial charge in [-0.1, -0.05) is 0 Å². The second-order valence-corrected chi connectivity index (χ2v) is 1.93. The Morgan fingerprint density at radius 1 is 0.533 bits per heavy atom. The van der Waals surface area contributed by atoms with Crippen LogP contribution in [0.4, 0.5) is 37.8 Å². The molecule has 0 N–H and O–H groups in total. The number of halogens is 9. The van der Waals surface area contributed by atoms with Crippen molar-refractivity contribution >= 4 is 26.6 Å². The first-order chi connectivity index (χ1) is 6.20. The molecule has 0 bridgehead atoms. The second kappa shape index (κ2) is 29.4. The van der Waals surface area contributed by atoms with Crippen molar-refractivity contribution in [3.63, 3.8) is 0 Å². The molecule has 0 unspecified atom stereocenters. The van der Waals surface area contributed by atoms with Crippen molar-refractivity contribution in [1.82, 2.24) is 0 Å². The summed E-state index contributed by atoms with van der Waals surface area (Å²) in [7, 11) is -13.1. The van der Waals surface area contributed by atoms with Crippen LogP contribution in [0.5, 0.6) is 0 Å². The number of rotatable bonds is 0. The SMILES string of the molecule is F[PH+](F)F.F[PH+](F)F.F[PH+](F)F.[C-]#[O+].[Co]. The van der Waals surface area contributed by atoms with E-state index in [1.54, 1.807) is 0 Å². The first-order valence-corrected chi connectivity index (χ1v) is 5.31. The summed E-state index contributed by atoms with van der Waals surface area (Å²) in [6.45, 7) is 4.50. The Bertz CT molecular complexity index is 78.1. The number of hydrogen-bond acceptors (Lipinski definition) is 0. The molecule has 0 rings (SSSR count). The summed E-state index contributed by atoms with van der Waals surface area (Å²) in [6.07, 6.45) is 0. The molecular weight excluding hydrogens is 351 g/mol. The third-order valence-electron chi connectivity index (χ3n) is 0. The van der Waals surface area contributed by atoms with E-state index in [-0.39, 0.29) is 16.8 Å². The van der Waals surface area contributed by atoms with Gasteiger partial charge < -0.3 is 0 Å². The van der Waals surface area contributed by atoms with Gasteiger partial charge >= 0.3 is 37.9 Å². The van der Waals surface area contributed by atoms with Crippen LogP contribution in [-0.4, -0.2) is 0 Å². The average molecular weight is 354 g/mol. The summed E-state index contributed by atoms with van der Waals surface area (Å²) in [4.78, 5) is 0. The molecule has 1 radical (unpaired) electrons. The summed E-state index contributed by atoms with van der Waals surface area (Å²) < 4.78 is 95.4. The molecule has 0 saturated carbocycles. The molecule has 0 aromatic rings. The predicted molar refractivity (Wildman–Crippen MR) is 38.8 cm³/mol. The van der Waals surface area contributed by atoms with Crippen molar-refractivity contribution in [2.75, 3.05) is 0 Å². The Kier molecular flexibility index (Phi) is 58.2. The van der Waals surface area contributed by atoms with E-state index in [0.717, 1.165) is 0 Å². The summed E-state index contributed by atoms with van der Waals surface area (Å²) in [5, 5.41) is 0. The van der Waals surface area contributed by atoms with Gasteiger partial charge in [0.2, 0.25) is 0 Å². The fourth-order valence-electron chi connectivity index (χ4n) is 0. The zero-order chi connectivity index (χ0) is 12.7. The Morgan fingerprint density at radius 2 is 0.533 bits per heavy atom. The molecule has 97 valence electrons. The molecule has 0 aromatic carbocycles. The summed E-state index contributed by atoms with van der Waals surface area (Å²) in [5.41, 5.74) is 0. The van der Waals surface area contributed by atoms with Gasteiger partial charge in [0.05, 0.1) is 0 Å². The van der Waals surface area contributed by atoms with Gasteiger partial charge in [0.1, 0.15) is 0 Å². The maximum absolute atomic E-state index is 9.77. The van der Waals surface area contributed by atoms with Crippen molar-refractivity contribution in [3.8, 4) is 0 Å². The minimum Gasteiger partial charge on any atom is 0 e. The fraction of sp³-hybridized carbons (Fsp3) is 0. The van der Waals surface area contributed by atoms with Gasteiger partial charge in [0.15, 0.2) is 0 Å². The van der Waals surface area contributed by atoms with Gasteiger partial charge in [-0.3, -0.25) is 0 Å². The third-order valence-corrected chi connectivity index (χ3v) is 0. The molecule has 15 heavy (non-hydrogen) atoms. The summed E-state index contributed by atoms with van der Waals surface area (Å²) in [6, 6.07) is 0. The van der Waals surface area contributed by atoms with Gasteiger partial charge in [-0.15, -0.1) is 0 Å². The largest absolute Gasteiger partial charge is 0 e. The predicted octanol–water partition coefficient (Wildman–Crippen LogP) is 5.52. The van der Waals surface area contributed by atoms with Gasteiger partial charge in [-0.25, -0.2) is 0 Å². The monoisotopic (exact) mass is 354 g/mol. The van der Waals surface area contributed by atoms with E-state index in [4.69, 9.17) is 4.65 Å². The molecular formula is CH3CoF9OP3+3. The minimum atomic E-state index is -4.38. The molecule has 14 heteroatoms. The number of hydrogen-bond donors (Lipinski definition) is 0. The Morgan fingerprint density at radius 3 is 0.533 bits per heavy atom. The Balaban J connectivity index is -0.0000000298. The quantitative estimate of drug-likeness (QED) is 0.236. The van der Waals surface area contributed by atoms with Crippen LogP contribution in [0.25, 0.3) is 0 Å². The van der Waals surface area contributed by atoms with Crippen LogP contribution in [0, 0.1) is 6.65 Å². The molecule has 0 saturated heterocycles. The standard InChI is InChI=1S/CO.Co.3F3HP/c1-2;;3*1-4(2)3/h;;3*4H/q;;3*+1. The van der Waals surface area contributed by atoms with Gasteiger partial charge in [0.25, 0.3) is 0 Å². The van der Waals surface area contributed by atoms with Crippen molar-refractivity contribution in [3.05, 3.63) is 6.65 Å². The van der Waals surface area contributed by atoms with Gasteiger partial charge in [0, 0.05) is 54.6 Å². The van der Waals surface area contributed by atoms with Crippen molar-refractivity contribution in [2.24, 2.45) is 0 Å². The Hall–Kier alpha value is 0.906. The first kappa shape index (κ1) is 29.7. The van der Waals surface area contributed by atoms with E-state index < -0.39 is 26.6 Å². The molecule has 0 amide bonds. The van der Waals surface area contributed by atoms with E-state index >= 15 is 0 Å². The summed E-state index contributed by atoms with van der Waals surface area (Å²) in [5.74, 6) is 0. The third kappa shape index (κ3) is 3020. The first-order valence-electron chi connectivity index (χ1n) is 1.90. The van der Waals surface area contributed by atoms with E-state index in [2.05, 4.69) is 6.65 Å². The molecule has 1 nitrogen and oxygen atoms in total. The molecule has 0 aliphatic heterocycles. The smallest absolute Gasteiger partial charge is 0 e. The van der Waals surface area contributed by atoms with Crippen LogP contribution >= 0.6 is 26.6 Å². The van der Waals surface area contributed by atoms with E-state index in [9.17, 15) is 37.8 Å². The average Bonchev–Trinajstić information content (AvgIpc) is 1.86.